The van der Waals surface area contributed by atoms with Crippen molar-refractivity contribution in [3.05, 3.63) is 71.8 Å². The van der Waals surface area contributed by atoms with Crippen molar-refractivity contribution in [3.63, 3.8) is 0 Å². The number of aromatic amines is 2. The molecule has 1 aromatic carbocycles. The molecule has 0 atom stereocenters. The topological polar surface area (TPSA) is 105 Å². The molecule has 25 heavy (non-hydrogen) atoms. The van der Waals surface area contributed by atoms with Crippen LogP contribution in [0.3, 0.4) is 0 Å². The zero-order chi connectivity index (χ0) is 18.0. The second kappa shape index (κ2) is 7.47. The molecule has 0 aliphatic rings. The van der Waals surface area contributed by atoms with Gasteiger partial charge in [-0.1, -0.05) is 41.0 Å². The molecular weight excluding hydrogens is 387 g/mol. The summed E-state index contributed by atoms with van der Waals surface area (Å²) in [7, 11) is 0. The third kappa shape index (κ3) is 4.33. The molecule has 2 aromatic heterocycles. The Morgan fingerprint density at radius 3 is 2.72 bits per heavy atom. The second-order valence-corrected chi connectivity index (χ2v) is 6.94. The van der Waals surface area contributed by atoms with Crippen molar-refractivity contribution in [2.75, 3.05) is 0 Å². The first-order valence-corrected chi connectivity index (χ1v) is 8.87. The van der Waals surface area contributed by atoms with Crippen LogP contribution in [0.25, 0.3) is 0 Å². The molecule has 0 fully saturated rings. The zero-order valence-corrected chi connectivity index (χ0v) is 15.3. The molecule has 0 spiro atoms. The van der Waals surface area contributed by atoms with Crippen LogP contribution >= 0.6 is 35.0 Å². The predicted octanol–water partition coefficient (Wildman–Crippen LogP) is 2.94. The Kier molecular flexibility index (Phi) is 5.31. The summed E-state index contributed by atoms with van der Waals surface area (Å²) in [5.74, 6) is 0.820. The third-order valence-electron chi connectivity index (χ3n) is 3.40. The fourth-order valence-corrected chi connectivity index (χ4v) is 3.48. The van der Waals surface area contributed by atoms with Crippen molar-refractivity contribution in [1.82, 2.24) is 20.2 Å². The van der Waals surface area contributed by atoms with Gasteiger partial charge in [-0.2, -0.15) is 0 Å². The third-order valence-corrected chi connectivity index (χ3v) is 4.85. The molecular formula is C15H12Cl2N4O3S. The summed E-state index contributed by atoms with van der Waals surface area (Å²) in [6.07, 6.45) is 0.132. The zero-order valence-electron chi connectivity index (χ0n) is 12.9. The average molecular weight is 399 g/mol. The molecule has 130 valence electrons. The minimum Gasteiger partial charge on any atom is -0.416 e. The Balaban J connectivity index is 1.71. The van der Waals surface area contributed by atoms with Crippen molar-refractivity contribution >= 4 is 35.0 Å². The highest BCUT2D eigenvalue weighted by Gasteiger charge is 2.13. The van der Waals surface area contributed by atoms with E-state index in [0.29, 0.717) is 32.3 Å². The molecule has 0 saturated heterocycles. The van der Waals surface area contributed by atoms with E-state index in [1.165, 1.54) is 11.8 Å². The number of thioether (sulfide) groups is 1. The van der Waals surface area contributed by atoms with E-state index >= 15 is 0 Å². The van der Waals surface area contributed by atoms with Gasteiger partial charge < -0.3 is 9.40 Å². The lowest BCUT2D eigenvalue weighted by atomic mass is 10.2. The fraction of sp³-hybridized carbons (Fsp3) is 0.200. The number of nitrogens with one attached hydrogen (secondary N) is 2. The van der Waals surface area contributed by atoms with Crippen LogP contribution in [-0.4, -0.2) is 20.2 Å². The quantitative estimate of drug-likeness (QED) is 0.640. The van der Waals surface area contributed by atoms with Crippen LogP contribution < -0.4 is 11.2 Å². The molecule has 7 nitrogen and oxygen atoms in total. The number of hydrogen-bond donors (Lipinski definition) is 2. The maximum atomic E-state index is 11.9. The highest BCUT2D eigenvalue weighted by Crippen LogP contribution is 2.28. The normalized spacial score (nSPS) is 11.0. The van der Waals surface area contributed by atoms with E-state index in [2.05, 4.69) is 20.2 Å². The number of aryl methyl sites for hydroxylation is 1. The van der Waals surface area contributed by atoms with Crippen LogP contribution in [0.15, 0.2) is 37.4 Å². The molecule has 3 aromatic rings. The van der Waals surface area contributed by atoms with Crippen LogP contribution in [-0.2, 0) is 12.2 Å². The summed E-state index contributed by atoms with van der Waals surface area (Å²) < 4.78 is 5.54. The van der Waals surface area contributed by atoms with E-state index in [4.69, 9.17) is 27.6 Å². The molecule has 0 aliphatic carbocycles. The number of rotatable bonds is 5. The first-order chi connectivity index (χ1) is 11.9. The number of hydrogen-bond acceptors (Lipinski definition) is 6. The number of aromatic nitrogens is 4. The maximum absolute atomic E-state index is 11.9. The van der Waals surface area contributed by atoms with E-state index in [1.54, 1.807) is 19.1 Å². The van der Waals surface area contributed by atoms with Crippen molar-refractivity contribution < 1.29 is 4.42 Å². The number of nitrogens with zero attached hydrogens (tertiary/aromatic N) is 2. The van der Waals surface area contributed by atoms with Gasteiger partial charge in [0.15, 0.2) is 0 Å². The molecule has 0 amide bonds. The van der Waals surface area contributed by atoms with Crippen molar-refractivity contribution in [2.45, 2.75) is 24.3 Å². The molecule has 2 heterocycles. The van der Waals surface area contributed by atoms with Crippen molar-refractivity contribution in [2.24, 2.45) is 0 Å². The van der Waals surface area contributed by atoms with Crippen LogP contribution in [0.4, 0.5) is 0 Å². The van der Waals surface area contributed by atoms with Crippen LogP contribution in [0.1, 0.15) is 22.7 Å². The van der Waals surface area contributed by atoms with Gasteiger partial charge in [0.2, 0.25) is 5.89 Å². The van der Waals surface area contributed by atoms with E-state index in [1.807, 2.05) is 6.07 Å². The Morgan fingerprint density at radius 1 is 1.20 bits per heavy atom. The predicted molar refractivity (Wildman–Crippen MR) is 95.5 cm³/mol. The van der Waals surface area contributed by atoms with Gasteiger partial charge in [0, 0.05) is 27.1 Å². The maximum Gasteiger partial charge on any atom is 0.325 e. The van der Waals surface area contributed by atoms with E-state index in [0.717, 1.165) is 5.56 Å². The van der Waals surface area contributed by atoms with Gasteiger partial charge in [0.05, 0.1) is 6.42 Å². The van der Waals surface area contributed by atoms with Crippen LogP contribution in [0.2, 0.25) is 10.0 Å². The molecule has 0 aliphatic heterocycles. The Labute approximate surface area is 155 Å². The van der Waals surface area contributed by atoms with E-state index in [9.17, 15) is 9.59 Å². The Hall–Kier alpha value is -2.03. The lowest BCUT2D eigenvalue weighted by Gasteiger charge is -2.02. The number of H-pyrrole nitrogens is 2. The van der Waals surface area contributed by atoms with E-state index in [-0.39, 0.29) is 12.3 Å². The Morgan fingerprint density at radius 2 is 2.00 bits per heavy atom. The van der Waals surface area contributed by atoms with Gasteiger partial charge in [-0.15, -0.1) is 10.2 Å². The van der Waals surface area contributed by atoms with Gasteiger partial charge in [-0.25, -0.2) is 4.79 Å². The minimum absolute atomic E-state index is 0.132. The van der Waals surface area contributed by atoms with Gasteiger partial charge in [0.1, 0.15) is 0 Å². The molecule has 0 saturated carbocycles. The summed E-state index contributed by atoms with van der Waals surface area (Å²) in [6, 6.07) is 5.26. The monoisotopic (exact) mass is 398 g/mol. The standard InChI is InChI=1S/C15H12Cl2N4O3S/c1-7-10(13(22)19-14(23)18-7)5-12-20-21-15(24-12)25-6-8-2-3-9(16)4-11(8)17/h2-4H,5-6H2,1H3,(H2,18,19,22,23). The van der Waals surface area contributed by atoms with Crippen LogP contribution in [0.5, 0.6) is 0 Å². The lowest BCUT2D eigenvalue weighted by molar-refractivity contribution is 0.419. The van der Waals surface area contributed by atoms with E-state index < -0.39 is 11.2 Å². The van der Waals surface area contributed by atoms with Gasteiger partial charge in [0.25, 0.3) is 10.8 Å². The molecule has 0 unspecified atom stereocenters. The van der Waals surface area contributed by atoms with Crippen LogP contribution in [0, 0.1) is 6.92 Å². The first-order valence-electron chi connectivity index (χ1n) is 7.13. The Bertz CT molecular complexity index is 1030. The summed E-state index contributed by atoms with van der Waals surface area (Å²) >= 11 is 13.3. The number of benzene rings is 1. The lowest BCUT2D eigenvalue weighted by Crippen LogP contribution is -2.27. The second-order valence-electron chi connectivity index (χ2n) is 5.17. The number of halogens is 2. The highest BCUT2D eigenvalue weighted by atomic mass is 35.5. The SMILES string of the molecule is Cc1[nH]c(=O)[nH]c(=O)c1Cc1nnc(SCc2ccc(Cl)cc2Cl)o1. The minimum atomic E-state index is -0.548. The average Bonchev–Trinajstić information content (AvgIpc) is 2.97. The van der Waals surface area contributed by atoms with Crippen molar-refractivity contribution in [1.29, 1.82) is 0 Å². The first kappa shape index (κ1) is 17.8. The summed E-state index contributed by atoms with van der Waals surface area (Å²) in [6.45, 7) is 1.64. The summed E-state index contributed by atoms with van der Waals surface area (Å²) in [5.41, 5.74) is 0.716. The summed E-state index contributed by atoms with van der Waals surface area (Å²) in [5, 5.41) is 9.37. The smallest absolute Gasteiger partial charge is 0.325 e. The summed E-state index contributed by atoms with van der Waals surface area (Å²) in [4.78, 5) is 27.8. The molecule has 0 radical (unpaired) electrons. The fourth-order valence-electron chi connectivity index (χ4n) is 2.14. The largest absolute Gasteiger partial charge is 0.416 e. The molecule has 3 rings (SSSR count). The molecule has 2 N–H and O–H groups in total. The van der Waals surface area contributed by atoms with Gasteiger partial charge in [-0.3, -0.25) is 9.78 Å². The van der Waals surface area contributed by atoms with Gasteiger partial charge >= 0.3 is 5.69 Å². The highest BCUT2D eigenvalue weighted by molar-refractivity contribution is 7.98. The van der Waals surface area contributed by atoms with Crippen molar-refractivity contribution in [3.8, 4) is 0 Å². The molecule has 10 heteroatoms. The van der Waals surface area contributed by atoms with Gasteiger partial charge in [-0.05, 0) is 24.6 Å². The molecule has 0 bridgehead atoms.